The summed E-state index contributed by atoms with van der Waals surface area (Å²) in [7, 11) is -2.19. The zero-order valence-electron chi connectivity index (χ0n) is 9.64. The molecule has 1 unspecified atom stereocenters. The zero-order chi connectivity index (χ0) is 13.4. The van der Waals surface area contributed by atoms with E-state index in [1.807, 2.05) is 0 Å². The fourth-order valence-electron chi connectivity index (χ4n) is 1.32. The summed E-state index contributed by atoms with van der Waals surface area (Å²) in [5.41, 5.74) is 0.834. The molecular formula is C9H13ClN2O4S. The number of aryl methyl sites for hydroxylation is 2. The highest BCUT2D eigenvalue weighted by Gasteiger charge is 2.30. The first-order chi connectivity index (χ1) is 7.66. The molecule has 8 heteroatoms. The topological polar surface area (TPSA) is 89.3 Å². The lowest BCUT2D eigenvalue weighted by molar-refractivity contribution is -0.136. The van der Waals surface area contributed by atoms with Crippen molar-refractivity contribution in [2.75, 3.05) is 0 Å². The van der Waals surface area contributed by atoms with E-state index in [9.17, 15) is 13.2 Å². The van der Waals surface area contributed by atoms with Gasteiger partial charge in [-0.3, -0.25) is 9.48 Å². The van der Waals surface area contributed by atoms with Gasteiger partial charge in [-0.25, -0.2) is 8.42 Å². The Balaban J connectivity index is 3.11. The van der Waals surface area contributed by atoms with Crippen LogP contribution in [-0.4, -0.2) is 34.5 Å². The van der Waals surface area contributed by atoms with Gasteiger partial charge in [0.05, 0.1) is 11.4 Å². The van der Waals surface area contributed by atoms with Gasteiger partial charge in [0.2, 0.25) is 0 Å². The molecule has 0 aromatic carbocycles. The lowest BCUT2D eigenvalue weighted by atomic mass is 10.3. The molecule has 0 saturated carbocycles. The molecule has 0 aliphatic rings. The Hall–Kier alpha value is -1.08. The SMILES string of the molecule is Cc1nn(C)c(Cl)c1CS(=O)(=O)C(C)C(=O)O. The number of sulfone groups is 1. The molecule has 1 aromatic rings. The van der Waals surface area contributed by atoms with Gasteiger partial charge in [-0.05, 0) is 13.8 Å². The minimum atomic E-state index is -3.78. The molecule has 0 bridgehead atoms. The van der Waals surface area contributed by atoms with Crippen molar-refractivity contribution >= 4 is 27.4 Å². The maximum absolute atomic E-state index is 11.8. The summed E-state index contributed by atoms with van der Waals surface area (Å²) in [4.78, 5) is 10.7. The van der Waals surface area contributed by atoms with E-state index >= 15 is 0 Å². The van der Waals surface area contributed by atoms with Crippen LogP contribution in [0.4, 0.5) is 0 Å². The molecule has 0 aliphatic heterocycles. The minimum Gasteiger partial charge on any atom is -0.480 e. The van der Waals surface area contributed by atoms with Crippen LogP contribution in [0.25, 0.3) is 0 Å². The Labute approximate surface area is 104 Å². The second-order valence-corrected chi connectivity index (χ2v) is 6.45. The van der Waals surface area contributed by atoms with Crippen molar-refractivity contribution in [2.24, 2.45) is 7.05 Å². The molecule has 1 rings (SSSR count). The number of carboxylic acids is 1. The molecule has 1 N–H and O–H groups in total. The van der Waals surface area contributed by atoms with E-state index in [1.54, 1.807) is 14.0 Å². The maximum atomic E-state index is 11.8. The van der Waals surface area contributed by atoms with Crippen molar-refractivity contribution in [3.05, 3.63) is 16.4 Å². The van der Waals surface area contributed by atoms with E-state index < -0.39 is 26.8 Å². The van der Waals surface area contributed by atoms with Crippen LogP contribution < -0.4 is 0 Å². The largest absolute Gasteiger partial charge is 0.480 e. The summed E-state index contributed by atoms with van der Waals surface area (Å²) in [6.45, 7) is 2.76. The van der Waals surface area contributed by atoms with Crippen LogP contribution in [0, 0.1) is 6.92 Å². The van der Waals surface area contributed by atoms with Crippen molar-refractivity contribution in [2.45, 2.75) is 24.9 Å². The smallest absolute Gasteiger partial charge is 0.321 e. The number of aromatic nitrogens is 2. The minimum absolute atomic E-state index is 0.212. The highest BCUT2D eigenvalue weighted by atomic mass is 35.5. The van der Waals surface area contributed by atoms with E-state index in [-0.39, 0.29) is 5.15 Å². The molecule has 0 radical (unpaired) electrons. The molecular weight excluding hydrogens is 268 g/mol. The van der Waals surface area contributed by atoms with E-state index in [2.05, 4.69) is 5.10 Å². The quantitative estimate of drug-likeness (QED) is 0.880. The Kier molecular flexibility index (Phi) is 3.83. The summed E-state index contributed by atoms with van der Waals surface area (Å²) < 4.78 is 24.9. The van der Waals surface area contributed by atoms with Gasteiger partial charge in [0.1, 0.15) is 5.15 Å². The number of carbonyl (C=O) groups is 1. The average Bonchev–Trinajstić information content (AvgIpc) is 2.43. The molecule has 96 valence electrons. The predicted octanol–water partition coefficient (Wildman–Crippen LogP) is 0.770. The third-order valence-electron chi connectivity index (χ3n) is 2.50. The van der Waals surface area contributed by atoms with E-state index in [0.29, 0.717) is 11.3 Å². The van der Waals surface area contributed by atoms with Crippen LogP contribution in [0.15, 0.2) is 0 Å². The summed E-state index contributed by atoms with van der Waals surface area (Å²) in [5, 5.41) is 11.4. The third-order valence-corrected chi connectivity index (χ3v) is 4.94. The van der Waals surface area contributed by atoms with Gasteiger partial charge in [0, 0.05) is 12.6 Å². The summed E-state index contributed by atoms with van der Waals surface area (Å²) in [6.07, 6.45) is 0. The van der Waals surface area contributed by atoms with Gasteiger partial charge < -0.3 is 5.11 Å². The van der Waals surface area contributed by atoms with Gasteiger partial charge in [0.25, 0.3) is 0 Å². The third kappa shape index (κ3) is 2.78. The van der Waals surface area contributed by atoms with Crippen LogP contribution in [0.3, 0.4) is 0 Å². The van der Waals surface area contributed by atoms with Crippen molar-refractivity contribution < 1.29 is 18.3 Å². The molecule has 0 spiro atoms. The number of halogens is 1. The lowest BCUT2D eigenvalue weighted by Gasteiger charge is -2.08. The molecule has 17 heavy (non-hydrogen) atoms. The second kappa shape index (κ2) is 4.66. The molecule has 0 amide bonds. The number of hydrogen-bond donors (Lipinski definition) is 1. The Bertz CT molecular complexity index is 550. The number of hydrogen-bond acceptors (Lipinski definition) is 4. The standard InChI is InChI=1S/C9H13ClN2O4S/c1-5-7(8(10)12(3)11-5)4-17(15,16)6(2)9(13)14/h6H,4H2,1-3H3,(H,13,14). The average molecular weight is 281 g/mol. The Morgan fingerprint density at radius 2 is 2.12 bits per heavy atom. The monoisotopic (exact) mass is 280 g/mol. The molecule has 0 aliphatic carbocycles. The second-order valence-electron chi connectivity index (χ2n) is 3.77. The fraction of sp³-hybridized carbons (Fsp3) is 0.556. The summed E-state index contributed by atoms with van der Waals surface area (Å²) in [5.74, 6) is -1.79. The molecule has 0 fully saturated rings. The van der Waals surface area contributed by atoms with Crippen LogP contribution >= 0.6 is 11.6 Å². The number of nitrogens with zero attached hydrogens (tertiary/aromatic N) is 2. The van der Waals surface area contributed by atoms with Crippen LogP contribution in [0.5, 0.6) is 0 Å². The van der Waals surface area contributed by atoms with Crippen molar-refractivity contribution in [1.82, 2.24) is 9.78 Å². The molecule has 1 atom stereocenters. The fourth-order valence-corrected chi connectivity index (χ4v) is 2.94. The molecule has 6 nitrogen and oxygen atoms in total. The highest BCUT2D eigenvalue weighted by Crippen LogP contribution is 2.22. The Morgan fingerprint density at radius 1 is 1.59 bits per heavy atom. The van der Waals surface area contributed by atoms with Crippen molar-refractivity contribution in [3.8, 4) is 0 Å². The van der Waals surface area contributed by atoms with Crippen LogP contribution in [-0.2, 0) is 27.4 Å². The first-order valence-electron chi connectivity index (χ1n) is 4.79. The normalized spacial score (nSPS) is 13.6. The molecule has 1 heterocycles. The van der Waals surface area contributed by atoms with Crippen molar-refractivity contribution in [1.29, 1.82) is 0 Å². The van der Waals surface area contributed by atoms with Gasteiger partial charge >= 0.3 is 5.97 Å². The predicted molar refractivity (Wildman–Crippen MR) is 62.7 cm³/mol. The molecule has 0 saturated heterocycles. The summed E-state index contributed by atoms with van der Waals surface area (Å²) >= 11 is 5.89. The highest BCUT2D eigenvalue weighted by molar-refractivity contribution is 7.92. The zero-order valence-corrected chi connectivity index (χ0v) is 11.2. The van der Waals surface area contributed by atoms with Crippen molar-refractivity contribution in [3.63, 3.8) is 0 Å². The maximum Gasteiger partial charge on any atom is 0.321 e. The van der Waals surface area contributed by atoms with Gasteiger partial charge in [-0.1, -0.05) is 11.6 Å². The Morgan fingerprint density at radius 3 is 2.47 bits per heavy atom. The van der Waals surface area contributed by atoms with Crippen LogP contribution in [0.2, 0.25) is 5.15 Å². The van der Waals surface area contributed by atoms with Crippen LogP contribution in [0.1, 0.15) is 18.2 Å². The van der Waals surface area contributed by atoms with E-state index in [4.69, 9.17) is 16.7 Å². The summed E-state index contributed by atoms with van der Waals surface area (Å²) in [6, 6.07) is 0. The van der Waals surface area contributed by atoms with Gasteiger partial charge in [0.15, 0.2) is 15.1 Å². The number of rotatable bonds is 4. The van der Waals surface area contributed by atoms with Gasteiger partial charge in [-0.15, -0.1) is 0 Å². The first kappa shape index (κ1) is 14.0. The first-order valence-corrected chi connectivity index (χ1v) is 6.88. The lowest BCUT2D eigenvalue weighted by Crippen LogP contribution is -2.28. The number of carboxylic acid groups (broad SMARTS) is 1. The van der Waals surface area contributed by atoms with E-state index in [1.165, 1.54) is 4.68 Å². The van der Waals surface area contributed by atoms with Gasteiger partial charge in [-0.2, -0.15) is 5.10 Å². The number of aliphatic carboxylic acids is 1. The molecule has 1 aromatic heterocycles. The van der Waals surface area contributed by atoms with E-state index in [0.717, 1.165) is 6.92 Å².